The Morgan fingerprint density at radius 3 is 2.30 bits per heavy atom. The van der Waals surface area contributed by atoms with Crippen molar-refractivity contribution in [2.24, 2.45) is 0 Å². The zero-order chi connectivity index (χ0) is 26.7. The van der Waals surface area contributed by atoms with Gasteiger partial charge in [0.25, 0.3) is 0 Å². The predicted molar refractivity (Wildman–Crippen MR) is 145 cm³/mol. The molecule has 2 aliphatic rings. The van der Waals surface area contributed by atoms with Crippen LogP contribution in [0, 0.1) is 20.8 Å². The standard InChI is InChI=1S/C30H41NO6/c1-7-36-24-15-30(16-24,29(32)33)31-22-12-18(2)27(21(13-22)17-37-23-10-8-9-11-23)25-14-26(34-5)20(4)28(35-6)19(25)3/h12-14,23-24,31H,7-11,15-17H2,1-6H3,(H,32,33)/t24-,30+. The molecule has 0 atom stereocenters. The second-order valence-electron chi connectivity index (χ2n) is 10.5. The van der Waals surface area contributed by atoms with Gasteiger partial charge < -0.3 is 29.4 Å². The first-order chi connectivity index (χ1) is 17.7. The minimum Gasteiger partial charge on any atom is -0.496 e. The predicted octanol–water partition coefficient (Wildman–Crippen LogP) is 6.19. The number of hydrogen-bond donors (Lipinski definition) is 2. The molecule has 0 radical (unpaired) electrons. The van der Waals surface area contributed by atoms with Crippen molar-refractivity contribution in [2.45, 2.75) is 90.6 Å². The van der Waals surface area contributed by atoms with Crippen LogP contribution in [0.4, 0.5) is 5.69 Å². The largest absolute Gasteiger partial charge is 0.496 e. The van der Waals surface area contributed by atoms with Crippen LogP contribution in [-0.4, -0.2) is 49.6 Å². The lowest BCUT2D eigenvalue weighted by atomic mass is 9.73. The lowest BCUT2D eigenvalue weighted by Gasteiger charge is -2.45. The molecular formula is C30H41NO6. The summed E-state index contributed by atoms with van der Waals surface area (Å²) in [6.07, 6.45) is 5.67. The number of ether oxygens (including phenoxy) is 4. The molecule has 2 aromatic rings. The number of benzene rings is 2. The molecule has 0 aliphatic heterocycles. The summed E-state index contributed by atoms with van der Waals surface area (Å²) in [5, 5.41) is 13.4. The van der Waals surface area contributed by atoms with Gasteiger partial charge in [-0.3, -0.25) is 0 Å². The number of hydrogen-bond acceptors (Lipinski definition) is 6. The summed E-state index contributed by atoms with van der Waals surface area (Å²) in [7, 11) is 3.35. The molecular weight excluding hydrogens is 470 g/mol. The van der Waals surface area contributed by atoms with E-state index in [1.165, 1.54) is 12.8 Å². The third-order valence-corrected chi connectivity index (χ3v) is 7.97. The Kier molecular flexibility index (Phi) is 8.34. The molecule has 0 saturated heterocycles. The van der Waals surface area contributed by atoms with Crippen LogP contribution in [-0.2, 0) is 20.9 Å². The lowest BCUT2D eigenvalue weighted by molar-refractivity contribution is -0.152. The molecule has 2 saturated carbocycles. The summed E-state index contributed by atoms with van der Waals surface area (Å²) in [4.78, 5) is 12.3. The fourth-order valence-corrected chi connectivity index (χ4v) is 6.01. The van der Waals surface area contributed by atoms with Gasteiger partial charge in [-0.05, 0) is 86.6 Å². The van der Waals surface area contributed by atoms with Crippen LogP contribution in [0.15, 0.2) is 18.2 Å². The van der Waals surface area contributed by atoms with E-state index in [9.17, 15) is 9.90 Å². The summed E-state index contributed by atoms with van der Waals surface area (Å²) in [5.74, 6) is 0.723. The molecule has 4 rings (SSSR count). The van der Waals surface area contributed by atoms with Gasteiger partial charge in [0.2, 0.25) is 0 Å². The maximum atomic E-state index is 12.3. The number of carboxylic acid groups (broad SMARTS) is 1. The molecule has 0 bridgehead atoms. The number of anilines is 1. The van der Waals surface area contributed by atoms with Crippen molar-refractivity contribution in [3.8, 4) is 22.6 Å². The van der Waals surface area contributed by atoms with E-state index < -0.39 is 11.5 Å². The SMILES string of the molecule is CCO[C@H]1C[C@](Nc2cc(C)c(-c3cc(OC)c(C)c(OC)c3C)c(COC3CCCC3)c2)(C(=O)O)C1. The Labute approximate surface area is 220 Å². The van der Waals surface area contributed by atoms with Crippen LogP contribution in [0.1, 0.15) is 67.7 Å². The number of aliphatic carboxylic acids is 1. The molecule has 0 amide bonds. The molecule has 0 unspecified atom stereocenters. The van der Waals surface area contributed by atoms with Crippen molar-refractivity contribution in [3.05, 3.63) is 40.5 Å². The number of carbonyl (C=O) groups is 1. The average Bonchev–Trinajstić information content (AvgIpc) is 3.36. The molecule has 2 aliphatic carbocycles. The van der Waals surface area contributed by atoms with Crippen molar-refractivity contribution in [1.29, 1.82) is 0 Å². The van der Waals surface area contributed by atoms with Gasteiger partial charge in [-0.25, -0.2) is 4.79 Å². The Morgan fingerprint density at radius 1 is 1.00 bits per heavy atom. The molecule has 2 fully saturated rings. The van der Waals surface area contributed by atoms with Gasteiger partial charge in [0.05, 0.1) is 33.0 Å². The van der Waals surface area contributed by atoms with Crippen LogP contribution >= 0.6 is 0 Å². The average molecular weight is 512 g/mol. The van der Waals surface area contributed by atoms with Crippen molar-refractivity contribution in [3.63, 3.8) is 0 Å². The number of nitrogens with one attached hydrogen (secondary N) is 1. The Bertz CT molecular complexity index is 1130. The topological polar surface area (TPSA) is 86.3 Å². The molecule has 0 heterocycles. The summed E-state index contributed by atoms with van der Waals surface area (Å²) in [6.45, 7) is 9.10. The highest BCUT2D eigenvalue weighted by Gasteiger charge is 2.51. The minimum atomic E-state index is -1.02. The van der Waals surface area contributed by atoms with Gasteiger partial charge in [0.15, 0.2) is 0 Å². The molecule has 2 N–H and O–H groups in total. The van der Waals surface area contributed by atoms with Gasteiger partial charge >= 0.3 is 5.97 Å². The van der Waals surface area contributed by atoms with Crippen LogP contribution in [0.5, 0.6) is 11.5 Å². The Balaban J connectivity index is 1.76. The Hall–Kier alpha value is -2.77. The van der Waals surface area contributed by atoms with Crippen molar-refractivity contribution < 1.29 is 28.8 Å². The van der Waals surface area contributed by atoms with Crippen molar-refractivity contribution in [2.75, 3.05) is 26.1 Å². The van der Waals surface area contributed by atoms with Crippen molar-refractivity contribution in [1.82, 2.24) is 0 Å². The first-order valence-corrected chi connectivity index (χ1v) is 13.3. The molecule has 7 heteroatoms. The normalized spacial score (nSPS) is 21.5. The second kappa shape index (κ2) is 11.3. The molecule has 37 heavy (non-hydrogen) atoms. The molecule has 0 aromatic heterocycles. The van der Waals surface area contributed by atoms with Gasteiger partial charge in [0, 0.05) is 30.7 Å². The van der Waals surface area contributed by atoms with Crippen LogP contribution in [0.3, 0.4) is 0 Å². The quantitative estimate of drug-likeness (QED) is 0.372. The molecule has 0 spiro atoms. The van der Waals surface area contributed by atoms with E-state index >= 15 is 0 Å². The van der Waals surface area contributed by atoms with Crippen LogP contribution < -0.4 is 14.8 Å². The van der Waals surface area contributed by atoms with Gasteiger partial charge in [-0.1, -0.05) is 12.8 Å². The second-order valence-corrected chi connectivity index (χ2v) is 10.5. The summed E-state index contributed by atoms with van der Waals surface area (Å²) in [5.41, 5.74) is 5.91. The van der Waals surface area contributed by atoms with Gasteiger partial charge in [-0.15, -0.1) is 0 Å². The lowest BCUT2D eigenvalue weighted by Crippen LogP contribution is -2.59. The fraction of sp³-hybridized carbons (Fsp3) is 0.567. The zero-order valence-corrected chi connectivity index (χ0v) is 23.0. The monoisotopic (exact) mass is 511 g/mol. The smallest absolute Gasteiger partial charge is 0.329 e. The minimum absolute atomic E-state index is 0.0331. The van der Waals surface area contributed by atoms with Gasteiger partial charge in [0.1, 0.15) is 17.0 Å². The highest BCUT2D eigenvalue weighted by atomic mass is 16.5. The number of aryl methyl sites for hydroxylation is 1. The van der Waals surface area contributed by atoms with E-state index in [0.29, 0.717) is 26.1 Å². The third kappa shape index (κ3) is 5.43. The van der Waals surface area contributed by atoms with E-state index in [1.54, 1.807) is 14.2 Å². The van der Waals surface area contributed by atoms with E-state index in [-0.39, 0.29) is 12.2 Å². The van der Waals surface area contributed by atoms with Crippen molar-refractivity contribution >= 4 is 11.7 Å². The molecule has 2 aromatic carbocycles. The van der Waals surface area contributed by atoms with E-state index in [4.69, 9.17) is 18.9 Å². The first-order valence-electron chi connectivity index (χ1n) is 13.3. The summed E-state index contributed by atoms with van der Waals surface area (Å²) < 4.78 is 23.5. The van der Waals surface area contributed by atoms with E-state index in [1.807, 2.05) is 26.0 Å². The van der Waals surface area contributed by atoms with E-state index in [0.717, 1.165) is 63.4 Å². The van der Waals surface area contributed by atoms with E-state index in [2.05, 4.69) is 25.2 Å². The van der Waals surface area contributed by atoms with Crippen LogP contribution in [0.2, 0.25) is 0 Å². The zero-order valence-electron chi connectivity index (χ0n) is 23.0. The maximum Gasteiger partial charge on any atom is 0.329 e. The summed E-state index contributed by atoms with van der Waals surface area (Å²) >= 11 is 0. The molecule has 7 nitrogen and oxygen atoms in total. The third-order valence-electron chi connectivity index (χ3n) is 7.97. The maximum absolute atomic E-state index is 12.3. The highest BCUT2D eigenvalue weighted by molar-refractivity contribution is 5.86. The highest BCUT2D eigenvalue weighted by Crippen LogP contribution is 2.44. The summed E-state index contributed by atoms with van der Waals surface area (Å²) in [6, 6.07) is 6.15. The van der Waals surface area contributed by atoms with Crippen LogP contribution in [0.25, 0.3) is 11.1 Å². The Morgan fingerprint density at radius 2 is 1.70 bits per heavy atom. The number of methoxy groups -OCH3 is 2. The molecule has 202 valence electrons. The fourth-order valence-electron chi connectivity index (χ4n) is 6.01. The first kappa shape index (κ1) is 27.3. The number of rotatable bonds is 11. The van der Waals surface area contributed by atoms with Gasteiger partial charge in [-0.2, -0.15) is 0 Å². The number of carboxylic acids is 1.